The topological polar surface area (TPSA) is 41.5 Å². The molecule has 0 fully saturated rings. The zero-order valence-electron chi connectivity index (χ0n) is 12.5. The van der Waals surface area contributed by atoms with Crippen molar-refractivity contribution in [2.24, 2.45) is 0 Å². The van der Waals surface area contributed by atoms with Gasteiger partial charge in [0.15, 0.2) is 0 Å². The van der Waals surface area contributed by atoms with E-state index < -0.39 is 6.10 Å². The molecule has 2 N–H and O–H groups in total. The van der Waals surface area contributed by atoms with E-state index in [2.05, 4.69) is 39.1 Å². The Kier molecular flexibility index (Phi) is 6.89. The molecule has 3 heteroatoms. The van der Waals surface area contributed by atoms with Gasteiger partial charge in [0.1, 0.15) is 18.5 Å². The predicted octanol–water partition coefficient (Wildman–Crippen LogP) is 2.94. The minimum Gasteiger partial charge on any atom is -0.491 e. The molecule has 0 aliphatic rings. The lowest BCUT2D eigenvalue weighted by Crippen LogP contribution is -2.35. The van der Waals surface area contributed by atoms with Crippen LogP contribution in [0.5, 0.6) is 5.75 Å². The number of ether oxygens (including phenoxy) is 1. The van der Waals surface area contributed by atoms with Gasteiger partial charge in [-0.2, -0.15) is 0 Å². The molecule has 1 rings (SSSR count). The summed E-state index contributed by atoms with van der Waals surface area (Å²) in [5.41, 5.74) is 1.22. The third-order valence-electron chi connectivity index (χ3n) is 3.26. The van der Waals surface area contributed by atoms with E-state index in [1.54, 1.807) is 0 Å². The smallest absolute Gasteiger partial charge is 0.122 e. The van der Waals surface area contributed by atoms with E-state index in [1.807, 2.05) is 18.2 Å². The molecule has 3 nitrogen and oxygen atoms in total. The maximum atomic E-state index is 9.86. The first-order valence-electron chi connectivity index (χ1n) is 7.17. The quantitative estimate of drug-likeness (QED) is 0.759. The minimum atomic E-state index is -0.479. The number of hydrogen-bond donors (Lipinski definition) is 2. The van der Waals surface area contributed by atoms with Crippen LogP contribution >= 0.6 is 0 Å². The molecule has 19 heavy (non-hydrogen) atoms. The fourth-order valence-electron chi connectivity index (χ4n) is 1.86. The van der Waals surface area contributed by atoms with E-state index in [0.717, 1.165) is 12.2 Å². The lowest BCUT2D eigenvalue weighted by molar-refractivity contribution is 0.104. The van der Waals surface area contributed by atoms with Crippen LogP contribution in [0.1, 0.15) is 45.6 Å². The van der Waals surface area contributed by atoms with Crippen LogP contribution in [0.3, 0.4) is 0 Å². The standard InChI is InChI=1S/C16H27NO2/c1-5-13(4)15-8-6-7-9-16(15)19-11-14(18)10-17-12(2)3/h6-9,12-14,17-18H,5,10-11H2,1-4H3/t13-,14-/m0/s1. The normalized spacial score (nSPS) is 14.4. The van der Waals surface area contributed by atoms with Crippen LogP contribution < -0.4 is 10.1 Å². The van der Waals surface area contributed by atoms with Gasteiger partial charge in [-0.1, -0.05) is 45.9 Å². The van der Waals surface area contributed by atoms with Crippen molar-refractivity contribution in [3.05, 3.63) is 29.8 Å². The average molecular weight is 265 g/mol. The van der Waals surface area contributed by atoms with Gasteiger partial charge in [-0.15, -0.1) is 0 Å². The van der Waals surface area contributed by atoms with Crippen molar-refractivity contribution >= 4 is 0 Å². The summed E-state index contributed by atoms with van der Waals surface area (Å²) in [6.07, 6.45) is 0.602. The number of para-hydroxylation sites is 1. The fraction of sp³-hybridized carbons (Fsp3) is 0.625. The van der Waals surface area contributed by atoms with Crippen molar-refractivity contribution in [3.8, 4) is 5.75 Å². The molecule has 0 heterocycles. The molecule has 0 amide bonds. The van der Waals surface area contributed by atoms with Crippen molar-refractivity contribution in [2.45, 2.75) is 52.2 Å². The van der Waals surface area contributed by atoms with E-state index in [4.69, 9.17) is 4.74 Å². The Balaban J connectivity index is 2.53. The molecule has 0 radical (unpaired) electrons. The second-order valence-corrected chi connectivity index (χ2v) is 5.37. The molecule has 0 aromatic heterocycles. The molecule has 108 valence electrons. The van der Waals surface area contributed by atoms with Gasteiger partial charge in [0.2, 0.25) is 0 Å². The van der Waals surface area contributed by atoms with Gasteiger partial charge in [-0.25, -0.2) is 0 Å². The van der Waals surface area contributed by atoms with Crippen molar-refractivity contribution in [1.29, 1.82) is 0 Å². The zero-order valence-corrected chi connectivity index (χ0v) is 12.5. The predicted molar refractivity (Wildman–Crippen MR) is 79.8 cm³/mol. The highest BCUT2D eigenvalue weighted by atomic mass is 16.5. The van der Waals surface area contributed by atoms with Crippen LogP contribution in [0, 0.1) is 0 Å². The largest absolute Gasteiger partial charge is 0.491 e. The molecule has 0 saturated carbocycles. The SMILES string of the molecule is CC[C@H](C)c1ccccc1OC[C@@H](O)CNC(C)C. The molecule has 0 aliphatic heterocycles. The van der Waals surface area contributed by atoms with E-state index in [9.17, 15) is 5.11 Å². The molecule has 0 spiro atoms. The first-order chi connectivity index (χ1) is 9.04. The number of benzene rings is 1. The van der Waals surface area contributed by atoms with E-state index >= 15 is 0 Å². The van der Waals surface area contributed by atoms with E-state index in [0.29, 0.717) is 25.1 Å². The van der Waals surface area contributed by atoms with Crippen molar-refractivity contribution < 1.29 is 9.84 Å². The molecule has 0 unspecified atom stereocenters. The molecule has 0 bridgehead atoms. The highest BCUT2D eigenvalue weighted by Crippen LogP contribution is 2.28. The summed E-state index contributed by atoms with van der Waals surface area (Å²) in [5, 5.41) is 13.1. The number of aliphatic hydroxyl groups is 1. The summed E-state index contributed by atoms with van der Waals surface area (Å²) in [6.45, 7) is 9.37. The van der Waals surface area contributed by atoms with Crippen molar-refractivity contribution in [1.82, 2.24) is 5.32 Å². The molecule has 1 aromatic carbocycles. The number of rotatable bonds is 8. The number of hydrogen-bond acceptors (Lipinski definition) is 3. The Labute approximate surface area is 117 Å². The summed E-state index contributed by atoms with van der Waals surface area (Å²) >= 11 is 0. The van der Waals surface area contributed by atoms with Crippen molar-refractivity contribution in [2.75, 3.05) is 13.2 Å². The molecule has 0 saturated heterocycles. The van der Waals surface area contributed by atoms with Gasteiger partial charge < -0.3 is 15.2 Å². The van der Waals surface area contributed by atoms with E-state index in [-0.39, 0.29) is 0 Å². The second kappa shape index (κ2) is 8.18. The van der Waals surface area contributed by atoms with Crippen LogP contribution in [-0.2, 0) is 0 Å². The molecule has 2 atom stereocenters. The molecular weight excluding hydrogens is 238 g/mol. The summed E-state index contributed by atoms with van der Waals surface area (Å²) in [5.74, 6) is 1.36. The highest BCUT2D eigenvalue weighted by molar-refractivity contribution is 5.35. The second-order valence-electron chi connectivity index (χ2n) is 5.37. The minimum absolute atomic E-state index is 0.327. The third-order valence-corrected chi connectivity index (χ3v) is 3.26. The summed E-state index contributed by atoms with van der Waals surface area (Å²) in [7, 11) is 0. The van der Waals surface area contributed by atoms with Gasteiger partial charge in [-0.3, -0.25) is 0 Å². The first-order valence-corrected chi connectivity index (χ1v) is 7.17. The summed E-state index contributed by atoms with van der Waals surface area (Å²) < 4.78 is 5.76. The Morgan fingerprint density at radius 2 is 1.89 bits per heavy atom. The van der Waals surface area contributed by atoms with Crippen LogP contribution in [0.4, 0.5) is 0 Å². The molecule has 0 aliphatic carbocycles. The van der Waals surface area contributed by atoms with Crippen LogP contribution in [0.25, 0.3) is 0 Å². The van der Waals surface area contributed by atoms with Crippen LogP contribution in [0.2, 0.25) is 0 Å². The van der Waals surface area contributed by atoms with Crippen LogP contribution in [0.15, 0.2) is 24.3 Å². The maximum Gasteiger partial charge on any atom is 0.122 e. The van der Waals surface area contributed by atoms with Gasteiger partial charge in [-0.05, 0) is 24.0 Å². The third kappa shape index (κ3) is 5.62. The summed E-state index contributed by atoms with van der Waals surface area (Å²) in [4.78, 5) is 0. The fourth-order valence-corrected chi connectivity index (χ4v) is 1.86. The molecular formula is C16H27NO2. The summed E-state index contributed by atoms with van der Waals surface area (Å²) in [6, 6.07) is 8.46. The maximum absolute atomic E-state index is 9.86. The first kappa shape index (κ1) is 16.0. The van der Waals surface area contributed by atoms with E-state index in [1.165, 1.54) is 5.56 Å². The lowest BCUT2D eigenvalue weighted by Gasteiger charge is -2.18. The van der Waals surface area contributed by atoms with Gasteiger partial charge in [0.05, 0.1) is 0 Å². The average Bonchev–Trinajstić information content (AvgIpc) is 2.42. The van der Waals surface area contributed by atoms with Gasteiger partial charge in [0, 0.05) is 12.6 Å². The Morgan fingerprint density at radius 3 is 2.53 bits per heavy atom. The molecule has 1 aromatic rings. The zero-order chi connectivity index (χ0) is 14.3. The van der Waals surface area contributed by atoms with Crippen molar-refractivity contribution in [3.63, 3.8) is 0 Å². The highest BCUT2D eigenvalue weighted by Gasteiger charge is 2.11. The lowest BCUT2D eigenvalue weighted by atomic mass is 9.98. The monoisotopic (exact) mass is 265 g/mol. The Morgan fingerprint density at radius 1 is 1.21 bits per heavy atom. The van der Waals surface area contributed by atoms with Gasteiger partial charge >= 0.3 is 0 Å². The Hall–Kier alpha value is -1.06. The number of aliphatic hydroxyl groups excluding tert-OH is 1. The van der Waals surface area contributed by atoms with Gasteiger partial charge in [0.25, 0.3) is 0 Å². The Bertz CT molecular complexity index is 366. The van der Waals surface area contributed by atoms with Crippen LogP contribution in [-0.4, -0.2) is 30.4 Å². The number of nitrogens with one attached hydrogen (secondary N) is 1.